The van der Waals surface area contributed by atoms with Crippen molar-refractivity contribution in [1.82, 2.24) is 24.9 Å². The Morgan fingerprint density at radius 3 is 2.50 bits per heavy atom. The van der Waals surface area contributed by atoms with Crippen LogP contribution in [0.4, 0.5) is 0 Å². The van der Waals surface area contributed by atoms with E-state index in [1.165, 1.54) is 44.9 Å². The minimum atomic E-state index is 0.167. The molecule has 0 unspecified atom stereocenters. The molecule has 1 atom stereocenters. The van der Waals surface area contributed by atoms with E-state index in [2.05, 4.69) is 27.3 Å². The fourth-order valence-electron chi connectivity index (χ4n) is 6.93. The van der Waals surface area contributed by atoms with Crippen LogP contribution in [0.25, 0.3) is 5.78 Å². The van der Waals surface area contributed by atoms with Crippen molar-refractivity contribution in [2.45, 2.75) is 78.2 Å². The van der Waals surface area contributed by atoms with Gasteiger partial charge in [0.1, 0.15) is 6.33 Å². The van der Waals surface area contributed by atoms with Crippen LogP contribution < -0.4 is 5.32 Å². The van der Waals surface area contributed by atoms with Crippen LogP contribution in [0.3, 0.4) is 0 Å². The molecule has 4 aliphatic carbocycles. The van der Waals surface area contributed by atoms with E-state index in [9.17, 15) is 4.79 Å². The van der Waals surface area contributed by atoms with Crippen LogP contribution >= 0.6 is 0 Å². The number of hydrogen-bond acceptors (Lipinski definition) is 4. The fraction of sp³-hybridized carbons (Fsp3) is 0.727. The molecule has 0 saturated heterocycles. The number of nitrogens with one attached hydrogen (secondary N) is 1. The average Bonchev–Trinajstić information content (AvgIpc) is 3.08. The lowest BCUT2D eigenvalue weighted by Crippen LogP contribution is -2.55. The van der Waals surface area contributed by atoms with E-state index in [4.69, 9.17) is 0 Å². The Hall–Kier alpha value is -1.98. The molecule has 0 radical (unpaired) electrons. The van der Waals surface area contributed by atoms with Crippen molar-refractivity contribution < 1.29 is 4.79 Å². The summed E-state index contributed by atoms with van der Waals surface area (Å²) in [4.78, 5) is 21.5. The number of carbonyl (C=O) groups excluding carboxylic acids is 1. The first-order chi connectivity index (χ1) is 13.4. The maximum Gasteiger partial charge on any atom is 0.252 e. The Morgan fingerprint density at radius 2 is 1.86 bits per heavy atom. The lowest BCUT2D eigenvalue weighted by Gasteiger charge is -2.59. The first-order valence-electron chi connectivity index (χ1n) is 10.9. The summed E-state index contributed by atoms with van der Waals surface area (Å²) in [5, 5.41) is 7.63. The topological polar surface area (TPSA) is 72.2 Å². The zero-order valence-electron chi connectivity index (χ0n) is 17.2. The molecule has 6 heteroatoms. The van der Waals surface area contributed by atoms with Crippen molar-refractivity contribution in [2.75, 3.05) is 0 Å². The van der Waals surface area contributed by atoms with Gasteiger partial charge in [0.25, 0.3) is 5.78 Å². The highest BCUT2D eigenvalue weighted by molar-refractivity contribution is 5.76. The minimum Gasteiger partial charge on any atom is -0.353 e. The van der Waals surface area contributed by atoms with Crippen molar-refractivity contribution in [3.05, 3.63) is 23.3 Å². The van der Waals surface area contributed by atoms with Crippen molar-refractivity contribution in [2.24, 2.45) is 23.2 Å². The van der Waals surface area contributed by atoms with Gasteiger partial charge in [0.05, 0.1) is 0 Å². The molecular weight excluding hydrogens is 350 g/mol. The molecular formula is C22H31N5O. The third-order valence-electron chi connectivity index (χ3n) is 7.97. The molecule has 2 aromatic rings. The Morgan fingerprint density at radius 1 is 1.21 bits per heavy atom. The number of nitrogens with zero attached hydrogens (tertiary/aromatic N) is 4. The van der Waals surface area contributed by atoms with Crippen molar-refractivity contribution >= 4 is 11.7 Å². The summed E-state index contributed by atoms with van der Waals surface area (Å²) in [6.07, 6.45) is 11.0. The second-order valence-corrected chi connectivity index (χ2v) is 9.80. The van der Waals surface area contributed by atoms with E-state index >= 15 is 0 Å². The molecule has 1 amide bonds. The maximum atomic E-state index is 12.8. The van der Waals surface area contributed by atoms with Crippen LogP contribution in [-0.2, 0) is 11.2 Å². The first kappa shape index (κ1) is 18.1. The van der Waals surface area contributed by atoms with Gasteiger partial charge in [-0.3, -0.25) is 4.79 Å². The number of aryl methyl sites for hydroxylation is 2. The average molecular weight is 382 g/mol. The van der Waals surface area contributed by atoms with Gasteiger partial charge in [-0.1, -0.05) is 0 Å². The number of carbonyl (C=O) groups is 1. The van der Waals surface area contributed by atoms with Crippen LogP contribution in [0.15, 0.2) is 6.33 Å². The molecule has 28 heavy (non-hydrogen) atoms. The number of fused-ring (bicyclic) bond motifs is 1. The summed E-state index contributed by atoms with van der Waals surface area (Å²) in [6.45, 7) is 6.28. The van der Waals surface area contributed by atoms with Gasteiger partial charge in [-0.05, 0) is 94.4 Å². The molecule has 4 aliphatic rings. The van der Waals surface area contributed by atoms with E-state index in [0.717, 1.165) is 34.7 Å². The molecule has 0 aromatic carbocycles. The molecule has 2 aromatic heterocycles. The zero-order chi connectivity index (χ0) is 19.5. The van der Waals surface area contributed by atoms with Gasteiger partial charge in [-0.25, -0.2) is 9.50 Å². The highest BCUT2D eigenvalue weighted by atomic mass is 16.1. The van der Waals surface area contributed by atoms with Gasteiger partial charge in [0.2, 0.25) is 5.91 Å². The summed E-state index contributed by atoms with van der Waals surface area (Å²) >= 11 is 0. The minimum absolute atomic E-state index is 0.167. The smallest absolute Gasteiger partial charge is 0.252 e. The molecule has 2 heterocycles. The summed E-state index contributed by atoms with van der Waals surface area (Å²) in [5.41, 5.74) is 3.44. The summed E-state index contributed by atoms with van der Waals surface area (Å²) in [6, 6.07) is 0.284. The number of rotatable bonds is 5. The van der Waals surface area contributed by atoms with Crippen molar-refractivity contribution in [1.29, 1.82) is 0 Å². The van der Waals surface area contributed by atoms with E-state index < -0.39 is 0 Å². The highest BCUT2D eigenvalue weighted by Gasteiger charge is 2.53. The quantitative estimate of drug-likeness (QED) is 0.862. The lowest BCUT2D eigenvalue weighted by molar-refractivity contribution is -0.125. The monoisotopic (exact) mass is 381 g/mol. The molecule has 6 rings (SSSR count). The van der Waals surface area contributed by atoms with Crippen molar-refractivity contribution in [3.8, 4) is 0 Å². The lowest BCUT2D eigenvalue weighted by atomic mass is 9.48. The Kier molecular flexibility index (Phi) is 4.21. The summed E-state index contributed by atoms with van der Waals surface area (Å²) in [7, 11) is 0. The maximum absolute atomic E-state index is 12.8. The third kappa shape index (κ3) is 2.92. The molecule has 4 fully saturated rings. The van der Waals surface area contributed by atoms with E-state index in [-0.39, 0.29) is 11.9 Å². The number of aromatic nitrogens is 4. The number of amides is 1. The molecule has 6 nitrogen and oxygen atoms in total. The summed E-state index contributed by atoms with van der Waals surface area (Å²) < 4.78 is 1.76. The second-order valence-electron chi connectivity index (χ2n) is 9.80. The number of hydrogen-bond donors (Lipinski definition) is 1. The van der Waals surface area contributed by atoms with Crippen LogP contribution in [0.1, 0.15) is 68.8 Å². The summed E-state index contributed by atoms with van der Waals surface area (Å²) in [5.74, 6) is 3.53. The fourth-order valence-corrected chi connectivity index (χ4v) is 6.93. The van der Waals surface area contributed by atoms with Crippen molar-refractivity contribution in [3.63, 3.8) is 0 Å². The van der Waals surface area contributed by atoms with Crippen LogP contribution in [0, 0.1) is 37.0 Å². The van der Waals surface area contributed by atoms with E-state index in [1.807, 2.05) is 13.8 Å². The van der Waals surface area contributed by atoms with Gasteiger partial charge >= 0.3 is 0 Å². The molecule has 0 aliphatic heterocycles. The van der Waals surface area contributed by atoms with Gasteiger partial charge in [-0.2, -0.15) is 10.1 Å². The predicted molar refractivity (Wildman–Crippen MR) is 107 cm³/mol. The predicted octanol–water partition coefficient (Wildman–Crippen LogP) is 3.39. The standard InChI is InChI=1S/C22H31N5O/c1-13-19(14(2)27-21(25-13)23-12-24-27)4-5-20(28)26-15(3)22-9-16-6-17(10-22)8-18(7-16)11-22/h12,15-18H,4-11H2,1-3H3,(H,26,28)/t15-,16?,17?,18?,22?/m0/s1. The molecule has 4 saturated carbocycles. The SMILES string of the molecule is Cc1nc2ncnn2c(C)c1CCC(=O)N[C@@H](C)C12CC3CC(CC(C3)C1)C2. The van der Waals surface area contributed by atoms with Crippen LogP contribution in [-0.4, -0.2) is 31.5 Å². The zero-order valence-corrected chi connectivity index (χ0v) is 17.2. The molecule has 1 N–H and O–H groups in total. The first-order valence-corrected chi connectivity index (χ1v) is 10.9. The third-order valence-corrected chi connectivity index (χ3v) is 7.97. The van der Waals surface area contributed by atoms with E-state index in [1.54, 1.807) is 4.52 Å². The Labute approximate surface area is 166 Å². The van der Waals surface area contributed by atoms with Crippen LogP contribution in [0.5, 0.6) is 0 Å². The molecule has 0 spiro atoms. The molecule has 150 valence electrons. The van der Waals surface area contributed by atoms with Gasteiger partial charge < -0.3 is 5.32 Å². The Balaban J connectivity index is 1.25. The van der Waals surface area contributed by atoms with Gasteiger partial charge in [0, 0.05) is 23.9 Å². The largest absolute Gasteiger partial charge is 0.353 e. The molecule has 4 bridgehead atoms. The van der Waals surface area contributed by atoms with Crippen LogP contribution in [0.2, 0.25) is 0 Å². The van der Waals surface area contributed by atoms with Gasteiger partial charge in [-0.15, -0.1) is 0 Å². The normalized spacial score (nSPS) is 32.0. The van der Waals surface area contributed by atoms with E-state index in [0.29, 0.717) is 24.0 Å². The Bertz CT molecular complexity index is 882. The second kappa shape index (κ2) is 6.53. The van der Waals surface area contributed by atoms with Gasteiger partial charge in [0.15, 0.2) is 0 Å². The highest BCUT2D eigenvalue weighted by Crippen LogP contribution is 2.61.